The number of carboxylic acid groups (broad SMARTS) is 1. The Morgan fingerprint density at radius 1 is 1.00 bits per heavy atom. The van der Waals surface area contributed by atoms with Crippen LogP contribution in [0, 0.1) is 0 Å². The van der Waals surface area contributed by atoms with Crippen molar-refractivity contribution in [3.8, 4) is 11.1 Å². The maximum absolute atomic E-state index is 13.3. The summed E-state index contributed by atoms with van der Waals surface area (Å²) < 4.78 is 70.4. The van der Waals surface area contributed by atoms with Gasteiger partial charge in [-0.3, -0.25) is 9.35 Å². The molecule has 0 radical (unpaired) electrons. The number of carbonyl (C=O) groups excluding carboxylic acids is 1. The highest BCUT2D eigenvalue weighted by atomic mass is 32.2. The van der Waals surface area contributed by atoms with Gasteiger partial charge in [0, 0.05) is 5.56 Å². The molecule has 2 rings (SSSR count). The van der Waals surface area contributed by atoms with Gasteiger partial charge < -0.3 is 10.4 Å². The zero-order valence-corrected chi connectivity index (χ0v) is 15.5. The standard InChI is InChI=1S/C18H16F3NO6S/c19-18(20,21)14-8-4-3-6-12(14)11-5-1-2-7-13(11)16(23)22-15(17(24)25)9-10-29(26,27)28/h1-8,15H,9-10H2,(H,22,23)(H,24,25)(H,26,27,28)/t15-/m0/s1. The van der Waals surface area contributed by atoms with Gasteiger partial charge in [0.25, 0.3) is 16.0 Å². The number of hydrogen-bond acceptors (Lipinski definition) is 4. The number of carboxylic acids is 1. The van der Waals surface area contributed by atoms with Crippen LogP contribution in [-0.2, 0) is 21.1 Å². The number of benzene rings is 2. The summed E-state index contributed by atoms with van der Waals surface area (Å²) in [6.07, 6.45) is -5.31. The molecule has 29 heavy (non-hydrogen) atoms. The van der Waals surface area contributed by atoms with Crippen LogP contribution in [-0.4, -0.2) is 41.7 Å². The monoisotopic (exact) mass is 431 g/mol. The van der Waals surface area contributed by atoms with Crippen LogP contribution in [0.5, 0.6) is 0 Å². The van der Waals surface area contributed by atoms with E-state index in [1.807, 2.05) is 0 Å². The SMILES string of the molecule is O=C(N[C@@H](CCS(=O)(=O)O)C(=O)O)c1ccccc1-c1ccccc1C(F)(F)F. The molecule has 2 aromatic carbocycles. The van der Waals surface area contributed by atoms with Crippen molar-refractivity contribution in [3.05, 3.63) is 59.7 Å². The summed E-state index contributed by atoms with van der Waals surface area (Å²) in [5.41, 5.74) is -1.53. The summed E-state index contributed by atoms with van der Waals surface area (Å²) in [6, 6.07) is 8.26. The molecular weight excluding hydrogens is 415 g/mol. The maximum atomic E-state index is 13.3. The molecule has 2 aromatic rings. The van der Waals surface area contributed by atoms with Crippen molar-refractivity contribution < 1.29 is 40.8 Å². The lowest BCUT2D eigenvalue weighted by molar-refractivity contribution is -0.139. The lowest BCUT2D eigenvalue weighted by Crippen LogP contribution is -2.42. The van der Waals surface area contributed by atoms with Crippen LogP contribution in [0.1, 0.15) is 22.3 Å². The van der Waals surface area contributed by atoms with Gasteiger partial charge in [0.2, 0.25) is 0 Å². The Balaban J connectivity index is 2.40. The summed E-state index contributed by atoms with van der Waals surface area (Å²) in [4.78, 5) is 23.9. The lowest BCUT2D eigenvalue weighted by Gasteiger charge is -2.18. The van der Waals surface area contributed by atoms with Crippen molar-refractivity contribution in [1.29, 1.82) is 0 Å². The molecule has 0 unspecified atom stereocenters. The van der Waals surface area contributed by atoms with E-state index in [1.165, 1.54) is 42.5 Å². The quantitative estimate of drug-likeness (QED) is 0.580. The summed E-state index contributed by atoms with van der Waals surface area (Å²) in [5.74, 6) is -3.47. The van der Waals surface area contributed by atoms with Gasteiger partial charge in [-0.25, -0.2) is 4.79 Å². The normalized spacial score (nSPS) is 13.0. The first-order valence-corrected chi connectivity index (χ1v) is 9.75. The molecule has 0 aromatic heterocycles. The molecule has 0 saturated carbocycles. The summed E-state index contributed by atoms with van der Waals surface area (Å²) >= 11 is 0. The predicted octanol–water partition coefficient (Wildman–Crippen LogP) is 2.83. The highest BCUT2D eigenvalue weighted by Crippen LogP contribution is 2.38. The third-order valence-electron chi connectivity index (χ3n) is 3.96. The highest BCUT2D eigenvalue weighted by Gasteiger charge is 2.34. The average Bonchev–Trinajstić information content (AvgIpc) is 2.63. The molecule has 7 nitrogen and oxygen atoms in total. The number of aliphatic carboxylic acids is 1. The molecule has 0 bridgehead atoms. The molecule has 0 fully saturated rings. The molecule has 0 aliphatic heterocycles. The van der Waals surface area contributed by atoms with E-state index in [1.54, 1.807) is 0 Å². The van der Waals surface area contributed by atoms with Gasteiger partial charge in [-0.05, 0) is 29.7 Å². The minimum absolute atomic E-state index is 0.0724. The van der Waals surface area contributed by atoms with Crippen molar-refractivity contribution in [2.75, 3.05) is 5.75 Å². The van der Waals surface area contributed by atoms with Crippen molar-refractivity contribution in [1.82, 2.24) is 5.32 Å². The van der Waals surface area contributed by atoms with E-state index in [4.69, 9.17) is 9.66 Å². The van der Waals surface area contributed by atoms with Crippen LogP contribution in [0.25, 0.3) is 11.1 Å². The van der Waals surface area contributed by atoms with Crippen LogP contribution in [0.2, 0.25) is 0 Å². The first kappa shape index (κ1) is 22.4. The first-order valence-electron chi connectivity index (χ1n) is 8.14. The van der Waals surface area contributed by atoms with E-state index in [0.29, 0.717) is 0 Å². The Kier molecular flexibility index (Phi) is 6.65. The number of nitrogens with one attached hydrogen (secondary N) is 1. The highest BCUT2D eigenvalue weighted by molar-refractivity contribution is 7.85. The van der Waals surface area contributed by atoms with Gasteiger partial charge in [-0.15, -0.1) is 0 Å². The topological polar surface area (TPSA) is 121 Å². The van der Waals surface area contributed by atoms with Gasteiger partial charge >= 0.3 is 12.1 Å². The van der Waals surface area contributed by atoms with E-state index in [2.05, 4.69) is 5.32 Å². The summed E-state index contributed by atoms with van der Waals surface area (Å²) in [5, 5.41) is 11.2. The van der Waals surface area contributed by atoms with E-state index in [0.717, 1.165) is 6.07 Å². The summed E-state index contributed by atoms with van der Waals surface area (Å²) in [7, 11) is -4.47. The Labute approximate surface area is 163 Å². The molecule has 0 saturated heterocycles. The Morgan fingerprint density at radius 3 is 2.10 bits per heavy atom. The molecule has 156 valence electrons. The lowest BCUT2D eigenvalue weighted by atomic mass is 9.94. The van der Waals surface area contributed by atoms with Gasteiger partial charge in [-0.1, -0.05) is 36.4 Å². The van der Waals surface area contributed by atoms with Crippen LogP contribution >= 0.6 is 0 Å². The van der Waals surface area contributed by atoms with Gasteiger partial charge in [0.1, 0.15) is 6.04 Å². The predicted molar refractivity (Wildman–Crippen MR) is 96.8 cm³/mol. The van der Waals surface area contributed by atoms with E-state index < -0.39 is 51.9 Å². The maximum Gasteiger partial charge on any atom is 0.417 e. The number of alkyl halides is 3. The van der Waals surface area contributed by atoms with E-state index in [-0.39, 0.29) is 16.7 Å². The minimum atomic E-state index is -4.68. The third-order valence-corrected chi connectivity index (χ3v) is 4.71. The number of rotatable bonds is 7. The fourth-order valence-electron chi connectivity index (χ4n) is 2.64. The second kappa shape index (κ2) is 8.62. The molecule has 0 aliphatic rings. The Bertz CT molecular complexity index is 1020. The van der Waals surface area contributed by atoms with Crippen molar-refractivity contribution >= 4 is 22.0 Å². The average molecular weight is 431 g/mol. The molecular formula is C18H16F3NO6S. The zero-order valence-electron chi connectivity index (χ0n) is 14.7. The van der Waals surface area contributed by atoms with E-state index in [9.17, 15) is 31.2 Å². The van der Waals surface area contributed by atoms with Crippen LogP contribution < -0.4 is 5.32 Å². The Morgan fingerprint density at radius 2 is 1.55 bits per heavy atom. The van der Waals surface area contributed by atoms with Gasteiger partial charge in [0.05, 0.1) is 11.3 Å². The van der Waals surface area contributed by atoms with Crippen LogP contribution in [0.15, 0.2) is 48.5 Å². The Hall–Kier alpha value is -2.92. The van der Waals surface area contributed by atoms with Gasteiger partial charge in [-0.2, -0.15) is 21.6 Å². The molecule has 1 amide bonds. The fraction of sp³-hybridized carbons (Fsp3) is 0.222. The third kappa shape index (κ3) is 6.03. The smallest absolute Gasteiger partial charge is 0.417 e. The van der Waals surface area contributed by atoms with Crippen LogP contribution in [0.4, 0.5) is 13.2 Å². The van der Waals surface area contributed by atoms with Crippen molar-refractivity contribution in [3.63, 3.8) is 0 Å². The number of carbonyl (C=O) groups is 2. The largest absolute Gasteiger partial charge is 0.480 e. The van der Waals surface area contributed by atoms with Crippen LogP contribution in [0.3, 0.4) is 0 Å². The minimum Gasteiger partial charge on any atom is -0.480 e. The number of halogens is 3. The zero-order chi connectivity index (χ0) is 21.8. The van der Waals surface area contributed by atoms with E-state index >= 15 is 0 Å². The second-order valence-electron chi connectivity index (χ2n) is 6.03. The molecule has 0 aliphatic carbocycles. The summed E-state index contributed by atoms with van der Waals surface area (Å²) in [6.45, 7) is 0. The molecule has 11 heteroatoms. The number of amides is 1. The second-order valence-corrected chi connectivity index (χ2v) is 7.60. The van der Waals surface area contributed by atoms with Crippen molar-refractivity contribution in [2.24, 2.45) is 0 Å². The van der Waals surface area contributed by atoms with Gasteiger partial charge in [0.15, 0.2) is 0 Å². The first-order chi connectivity index (χ1) is 13.4. The molecule has 1 atom stereocenters. The molecule has 3 N–H and O–H groups in total. The molecule has 0 spiro atoms. The van der Waals surface area contributed by atoms with Crippen molar-refractivity contribution in [2.45, 2.75) is 18.6 Å². The molecule has 0 heterocycles. The number of hydrogen-bond donors (Lipinski definition) is 3. The fourth-order valence-corrected chi connectivity index (χ4v) is 3.17.